The number of ether oxygens (including phenoxy) is 1. The zero-order valence-electron chi connectivity index (χ0n) is 14.3. The Morgan fingerprint density at radius 2 is 1.62 bits per heavy atom. The molecule has 0 aliphatic carbocycles. The molecule has 0 atom stereocenters. The molecule has 6 heteroatoms. The molecule has 2 heterocycles. The Morgan fingerprint density at radius 3 is 2.46 bits per heavy atom. The standard InChI is InChI=1S/C20H19N5O/c1-2-6-17(7-3-1)14-26-19-9-5-4-8-18(19)20-21-10-11-25(20)13-12-24-15-22-23-16-24/h1-11,15-16H,12-14H2. The molecule has 0 aliphatic rings. The van der Waals surface area contributed by atoms with Gasteiger partial charge in [0.25, 0.3) is 0 Å². The molecule has 4 rings (SSSR count). The monoisotopic (exact) mass is 345 g/mol. The second-order valence-electron chi connectivity index (χ2n) is 5.91. The molecule has 6 nitrogen and oxygen atoms in total. The van der Waals surface area contributed by atoms with Crippen LogP contribution in [0, 0.1) is 0 Å². The van der Waals surface area contributed by atoms with E-state index in [2.05, 4.69) is 31.9 Å². The van der Waals surface area contributed by atoms with Crippen LogP contribution in [0.3, 0.4) is 0 Å². The highest BCUT2D eigenvalue weighted by Crippen LogP contribution is 2.29. The highest BCUT2D eigenvalue weighted by molar-refractivity contribution is 5.64. The molecule has 0 spiro atoms. The summed E-state index contributed by atoms with van der Waals surface area (Å²) in [6.45, 7) is 2.09. The number of rotatable bonds is 7. The number of aryl methyl sites for hydroxylation is 2. The third-order valence-electron chi connectivity index (χ3n) is 4.15. The number of benzene rings is 2. The quantitative estimate of drug-likeness (QED) is 0.515. The van der Waals surface area contributed by atoms with Gasteiger partial charge in [-0.3, -0.25) is 0 Å². The van der Waals surface area contributed by atoms with Crippen LogP contribution in [0.4, 0.5) is 0 Å². The lowest BCUT2D eigenvalue weighted by molar-refractivity contribution is 0.307. The van der Waals surface area contributed by atoms with E-state index in [1.165, 1.54) is 0 Å². The Labute approximate surface area is 151 Å². The van der Waals surface area contributed by atoms with Gasteiger partial charge in [-0.1, -0.05) is 42.5 Å². The predicted molar refractivity (Wildman–Crippen MR) is 98.5 cm³/mol. The lowest BCUT2D eigenvalue weighted by Crippen LogP contribution is -2.07. The topological polar surface area (TPSA) is 57.8 Å². The zero-order chi connectivity index (χ0) is 17.6. The maximum absolute atomic E-state index is 6.07. The second-order valence-corrected chi connectivity index (χ2v) is 5.91. The molecule has 0 radical (unpaired) electrons. The summed E-state index contributed by atoms with van der Waals surface area (Å²) in [4.78, 5) is 4.54. The van der Waals surface area contributed by atoms with Gasteiger partial charge < -0.3 is 13.9 Å². The van der Waals surface area contributed by atoms with Gasteiger partial charge in [0.15, 0.2) is 0 Å². The van der Waals surface area contributed by atoms with Crippen molar-refractivity contribution in [3.05, 3.63) is 85.2 Å². The molecule has 0 fully saturated rings. The third kappa shape index (κ3) is 3.64. The highest BCUT2D eigenvalue weighted by atomic mass is 16.5. The van der Waals surface area contributed by atoms with Crippen LogP contribution in [0.5, 0.6) is 5.75 Å². The van der Waals surface area contributed by atoms with E-state index in [-0.39, 0.29) is 0 Å². The number of para-hydroxylation sites is 1. The first kappa shape index (κ1) is 16.1. The van der Waals surface area contributed by atoms with Crippen molar-refractivity contribution in [2.45, 2.75) is 19.7 Å². The number of nitrogens with zero attached hydrogens (tertiary/aromatic N) is 5. The van der Waals surface area contributed by atoms with Crippen LogP contribution in [0.15, 0.2) is 79.6 Å². The predicted octanol–water partition coefficient (Wildman–Crippen LogP) is 3.42. The van der Waals surface area contributed by atoms with Crippen molar-refractivity contribution in [2.75, 3.05) is 0 Å². The van der Waals surface area contributed by atoms with Crippen molar-refractivity contribution >= 4 is 0 Å². The van der Waals surface area contributed by atoms with Crippen LogP contribution in [-0.4, -0.2) is 24.3 Å². The van der Waals surface area contributed by atoms with E-state index in [1.807, 2.05) is 59.4 Å². The van der Waals surface area contributed by atoms with Gasteiger partial charge >= 0.3 is 0 Å². The van der Waals surface area contributed by atoms with Gasteiger partial charge in [0.1, 0.15) is 30.8 Å². The van der Waals surface area contributed by atoms with Crippen molar-refractivity contribution in [3.8, 4) is 17.1 Å². The Bertz CT molecular complexity index is 947. The van der Waals surface area contributed by atoms with Crippen LogP contribution in [-0.2, 0) is 19.7 Å². The maximum atomic E-state index is 6.07. The summed E-state index contributed by atoms with van der Waals surface area (Å²) in [5.74, 6) is 1.72. The van der Waals surface area contributed by atoms with E-state index in [4.69, 9.17) is 4.74 Å². The average Bonchev–Trinajstić information content (AvgIpc) is 3.37. The summed E-state index contributed by atoms with van der Waals surface area (Å²) in [7, 11) is 0. The summed E-state index contributed by atoms with van der Waals surface area (Å²) in [5, 5.41) is 7.68. The first-order valence-electron chi connectivity index (χ1n) is 8.50. The Morgan fingerprint density at radius 1 is 0.846 bits per heavy atom. The third-order valence-corrected chi connectivity index (χ3v) is 4.15. The number of hydrogen-bond donors (Lipinski definition) is 0. The van der Waals surface area contributed by atoms with E-state index in [9.17, 15) is 0 Å². The van der Waals surface area contributed by atoms with Crippen molar-refractivity contribution in [1.29, 1.82) is 0 Å². The second kappa shape index (κ2) is 7.65. The van der Waals surface area contributed by atoms with Crippen molar-refractivity contribution < 1.29 is 4.74 Å². The van der Waals surface area contributed by atoms with E-state index in [0.717, 1.165) is 35.8 Å². The summed E-state index contributed by atoms with van der Waals surface area (Å²) in [5.41, 5.74) is 2.12. The van der Waals surface area contributed by atoms with Gasteiger partial charge in [0.05, 0.1) is 5.56 Å². The molecule has 2 aromatic heterocycles. The molecule has 0 bridgehead atoms. The average molecular weight is 345 g/mol. The van der Waals surface area contributed by atoms with E-state index in [1.54, 1.807) is 12.7 Å². The first-order chi connectivity index (χ1) is 12.9. The lowest BCUT2D eigenvalue weighted by Gasteiger charge is -2.13. The van der Waals surface area contributed by atoms with Crippen molar-refractivity contribution in [1.82, 2.24) is 24.3 Å². The minimum Gasteiger partial charge on any atom is -0.488 e. The SMILES string of the molecule is c1ccc(COc2ccccc2-c2nccn2CCn2cnnc2)cc1. The smallest absolute Gasteiger partial charge is 0.143 e. The van der Waals surface area contributed by atoms with Crippen LogP contribution >= 0.6 is 0 Å². The molecule has 0 N–H and O–H groups in total. The van der Waals surface area contributed by atoms with Crippen LogP contribution < -0.4 is 4.74 Å². The molecule has 0 amide bonds. The van der Waals surface area contributed by atoms with Crippen LogP contribution in [0.1, 0.15) is 5.56 Å². The summed E-state index contributed by atoms with van der Waals surface area (Å²) < 4.78 is 10.1. The van der Waals surface area contributed by atoms with E-state index in [0.29, 0.717) is 6.61 Å². The molecule has 4 aromatic rings. The molecule has 2 aromatic carbocycles. The minimum absolute atomic E-state index is 0.527. The molecular formula is C20H19N5O. The van der Waals surface area contributed by atoms with Crippen molar-refractivity contribution in [2.24, 2.45) is 0 Å². The molecular weight excluding hydrogens is 326 g/mol. The lowest BCUT2D eigenvalue weighted by atomic mass is 10.2. The summed E-state index contributed by atoms with van der Waals surface area (Å²) in [6, 6.07) is 18.2. The number of imidazole rings is 1. The van der Waals surface area contributed by atoms with Gasteiger partial charge in [-0.25, -0.2) is 4.98 Å². The van der Waals surface area contributed by atoms with Gasteiger partial charge in [0.2, 0.25) is 0 Å². The Hall–Kier alpha value is -3.41. The van der Waals surface area contributed by atoms with Crippen molar-refractivity contribution in [3.63, 3.8) is 0 Å². The largest absolute Gasteiger partial charge is 0.488 e. The molecule has 0 saturated carbocycles. The Balaban J connectivity index is 1.54. The van der Waals surface area contributed by atoms with Gasteiger partial charge in [-0.15, -0.1) is 10.2 Å². The molecule has 26 heavy (non-hydrogen) atoms. The number of hydrogen-bond acceptors (Lipinski definition) is 4. The first-order valence-corrected chi connectivity index (χ1v) is 8.50. The summed E-state index contributed by atoms with van der Waals surface area (Å²) >= 11 is 0. The van der Waals surface area contributed by atoms with E-state index < -0.39 is 0 Å². The zero-order valence-corrected chi connectivity index (χ0v) is 14.3. The molecule has 0 aliphatic heterocycles. The van der Waals surface area contributed by atoms with Gasteiger partial charge in [-0.05, 0) is 17.7 Å². The van der Waals surface area contributed by atoms with Crippen LogP contribution in [0.25, 0.3) is 11.4 Å². The summed E-state index contributed by atoms with van der Waals surface area (Å²) in [6.07, 6.45) is 7.23. The van der Waals surface area contributed by atoms with Gasteiger partial charge in [0, 0.05) is 25.5 Å². The molecule has 0 saturated heterocycles. The normalized spacial score (nSPS) is 10.8. The van der Waals surface area contributed by atoms with E-state index >= 15 is 0 Å². The molecule has 130 valence electrons. The fourth-order valence-electron chi connectivity index (χ4n) is 2.81. The maximum Gasteiger partial charge on any atom is 0.143 e. The Kier molecular flexibility index (Phi) is 4.73. The fourth-order valence-corrected chi connectivity index (χ4v) is 2.81. The number of aromatic nitrogens is 5. The molecule has 0 unspecified atom stereocenters. The minimum atomic E-state index is 0.527. The van der Waals surface area contributed by atoms with Crippen LogP contribution in [0.2, 0.25) is 0 Å². The fraction of sp³-hybridized carbons (Fsp3) is 0.150. The highest BCUT2D eigenvalue weighted by Gasteiger charge is 2.12. The van der Waals surface area contributed by atoms with Gasteiger partial charge in [-0.2, -0.15) is 0 Å².